The van der Waals surface area contributed by atoms with E-state index in [0.717, 1.165) is 45.3 Å². The van der Waals surface area contributed by atoms with E-state index in [-0.39, 0.29) is 0 Å². The fourth-order valence-electron chi connectivity index (χ4n) is 3.09. The SMILES string of the molecule is CCc1ccc2[nH]c3nc(SCc4nc5ccccc5[nH]4)nnc3c2c1. The van der Waals surface area contributed by atoms with Crippen molar-refractivity contribution >= 4 is 44.9 Å². The summed E-state index contributed by atoms with van der Waals surface area (Å²) in [5, 5.41) is 10.4. The first kappa shape index (κ1) is 15.3. The maximum Gasteiger partial charge on any atom is 0.211 e. The van der Waals surface area contributed by atoms with Crippen LogP contribution in [0.4, 0.5) is 0 Å². The molecular weight excluding hydrogens is 344 g/mol. The molecule has 3 heterocycles. The summed E-state index contributed by atoms with van der Waals surface area (Å²) in [5.41, 5.74) is 5.93. The van der Waals surface area contributed by atoms with Crippen LogP contribution in [0.2, 0.25) is 0 Å². The van der Waals surface area contributed by atoms with Crippen LogP contribution in [0.25, 0.3) is 33.1 Å². The average Bonchev–Trinajstić information content (AvgIpc) is 3.26. The van der Waals surface area contributed by atoms with Crippen LogP contribution in [0.1, 0.15) is 18.3 Å². The van der Waals surface area contributed by atoms with Gasteiger partial charge in [-0.3, -0.25) is 0 Å². The van der Waals surface area contributed by atoms with E-state index in [4.69, 9.17) is 0 Å². The Morgan fingerprint density at radius 2 is 1.88 bits per heavy atom. The lowest BCUT2D eigenvalue weighted by Gasteiger charge is -1.97. The number of aromatic nitrogens is 6. The Bertz CT molecular complexity index is 1210. The van der Waals surface area contributed by atoms with Gasteiger partial charge in [0.2, 0.25) is 5.16 Å². The molecule has 0 bridgehead atoms. The molecule has 0 unspecified atom stereocenters. The van der Waals surface area contributed by atoms with Crippen molar-refractivity contribution in [1.82, 2.24) is 30.1 Å². The van der Waals surface area contributed by atoms with Gasteiger partial charge in [0.25, 0.3) is 0 Å². The molecule has 0 radical (unpaired) electrons. The summed E-state index contributed by atoms with van der Waals surface area (Å²) in [5.74, 6) is 1.58. The predicted octanol–water partition coefficient (Wildman–Crippen LogP) is 4.24. The van der Waals surface area contributed by atoms with Crippen molar-refractivity contribution in [2.45, 2.75) is 24.3 Å². The zero-order valence-corrected chi connectivity index (χ0v) is 15.0. The van der Waals surface area contributed by atoms with Crippen molar-refractivity contribution in [3.8, 4) is 0 Å². The lowest BCUT2D eigenvalue weighted by molar-refractivity contribution is 0.877. The van der Waals surface area contributed by atoms with Crippen molar-refractivity contribution in [2.24, 2.45) is 0 Å². The molecule has 128 valence electrons. The Hall–Kier alpha value is -2.93. The second-order valence-electron chi connectivity index (χ2n) is 6.14. The van der Waals surface area contributed by atoms with Gasteiger partial charge in [0.1, 0.15) is 11.3 Å². The molecule has 0 atom stereocenters. The van der Waals surface area contributed by atoms with E-state index in [1.807, 2.05) is 24.3 Å². The largest absolute Gasteiger partial charge is 0.341 e. The zero-order valence-electron chi connectivity index (χ0n) is 14.2. The summed E-state index contributed by atoms with van der Waals surface area (Å²) >= 11 is 1.52. The Balaban J connectivity index is 1.44. The summed E-state index contributed by atoms with van der Waals surface area (Å²) in [6.07, 6.45) is 0.995. The minimum Gasteiger partial charge on any atom is -0.341 e. The van der Waals surface area contributed by atoms with Gasteiger partial charge in [-0.25, -0.2) is 9.97 Å². The second-order valence-corrected chi connectivity index (χ2v) is 7.08. The van der Waals surface area contributed by atoms with Crippen LogP contribution in [0, 0.1) is 0 Å². The van der Waals surface area contributed by atoms with E-state index in [1.165, 1.54) is 17.3 Å². The Labute approximate surface area is 153 Å². The van der Waals surface area contributed by atoms with E-state index in [2.05, 4.69) is 55.3 Å². The van der Waals surface area contributed by atoms with Gasteiger partial charge in [0.05, 0.1) is 16.8 Å². The molecule has 5 aromatic rings. The van der Waals surface area contributed by atoms with Crippen LogP contribution in [-0.2, 0) is 12.2 Å². The third-order valence-electron chi connectivity index (χ3n) is 4.44. The number of nitrogens with one attached hydrogen (secondary N) is 2. The maximum absolute atomic E-state index is 4.63. The molecule has 2 aromatic carbocycles. The Kier molecular flexibility index (Phi) is 3.60. The lowest BCUT2D eigenvalue weighted by Crippen LogP contribution is -1.92. The molecule has 0 aliphatic rings. The number of para-hydroxylation sites is 2. The Morgan fingerprint density at radius 3 is 2.77 bits per heavy atom. The quantitative estimate of drug-likeness (QED) is 0.469. The van der Waals surface area contributed by atoms with Gasteiger partial charge in [-0.05, 0) is 36.2 Å². The van der Waals surface area contributed by atoms with Crippen LogP contribution in [-0.4, -0.2) is 30.1 Å². The molecule has 2 N–H and O–H groups in total. The number of nitrogens with zero attached hydrogens (tertiary/aromatic N) is 4. The number of hydrogen-bond acceptors (Lipinski definition) is 5. The Morgan fingerprint density at radius 1 is 0.962 bits per heavy atom. The third kappa shape index (κ3) is 2.61. The summed E-state index contributed by atoms with van der Waals surface area (Å²) in [6, 6.07) is 14.4. The molecule has 7 heteroatoms. The molecule has 0 aliphatic carbocycles. The number of hydrogen-bond donors (Lipinski definition) is 2. The monoisotopic (exact) mass is 360 g/mol. The molecule has 0 aliphatic heterocycles. The second kappa shape index (κ2) is 6.10. The zero-order chi connectivity index (χ0) is 17.5. The molecule has 5 rings (SSSR count). The number of aryl methyl sites for hydroxylation is 1. The highest BCUT2D eigenvalue weighted by Gasteiger charge is 2.11. The normalized spacial score (nSPS) is 11.7. The average molecular weight is 360 g/mol. The summed E-state index contributed by atoms with van der Waals surface area (Å²) < 4.78 is 0. The molecule has 26 heavy (non-hydrogen) atoms. The fourth-order valence-corrected chi connectivity index (χ4v) is 3.75. The van der Waals surface area contributed by atoms with E-state index >= 15 is 0 Å². The number of aromatic amines is 2. The van der Waals surface area contributed by atoms with Gasteiger partial charge in [0, 0.05) is 10.9 Å². The van der Waals surface area contributed by atoms with E-state index in [1.54, 1.807) is 0 Å². The van der Waals surface area contributed by atoms with E-state index in [9.17, 15) is 0 Å². The fraction of sp³-hybridized carbons (Fsp3) is 0.158. The van der Waals surface area contributed by atoms with Gasteiger partial charge in [-0.1, -0.05) is 36.9 Å². The topological polar surface area (TPSA) is 83.1 Å². The number of benzene rings is 2. The smallest absolute Gasteiger partial charge is 0.211 e. The molecule has 0 saturated heterocycles. The van der Waals surface area contributed by atoms with Crippen molar-refractivity contribution in [3.05, 3.63) is 53.9 Å². The van der Waals surface area contributed by atoms with Gasteiger partial charge in [-0.15, -0.1) is 10.2 Å². The third-order valence-corrected chi connectivity index (χ3v) is 5.29. The van der Waals surface area contributed by atoms with Gasteiger partial charge >= 0.3 is 0 Å². The van der Waals surface area contributed by atoms with E-state index in [0.29, 0.717) is 10.9 Å². The van der Waals surface area contributed by atoms with Crippen LogP contribution >= 0.6 is 11.8 Å². The number of fused-ring (bicyclic) bond motifs is 4. The van der Waals surface area contributed by atoms with E-state index < -0.39 is 0 Å². The van der Waals surface area contributed by atoms with Crippen molar-refractivity contribution < 1.29 is 0 Å². The minimum absolute atomic E-state index is 0.639. The summed E-state index contributed by atoms with van der Waals surface area (Å²) in [6.45, 7) is 2.15. The van der Waals surface area contributed by atoms with Gasteiger partial charge in [0.15, 0.2) is 5.65 Å². The van der Waals surface area contributed by atoms with Crippen LogP contribution in [0.5, 0.6) is 0 Å². The minimum atomic E-state index is 0.639. The highest BCUT2D eigenvalue weighted by atomic mass is 32.2. The van der Waals surface area contributed by atoms with Crippen molar-refractivity contribution in [1.29, 1.82) is 0 Å². The molecule has 6 nitrogen and oxygen atoms in total. The standard InChI is InChI=1S/C19H16N6S/c1-2-11-7-8-13-12(9-11)17-18(22-13)23-19(25-24-17)26-10-16-20-14-5-3-4-6-15(14)21-16/h3-9H,2,10H2,1H3,(H,20,21)(H,22,23,25). The molecule has 0 spiro atoms. The van der Waals surface area contributed by atoms with Crippen LogP contribution in [0.3, 0.4) is 0 Å². The number of imidazole rings is 1. The van der Waals surface area contributed by atoms with Crippen molar-refractivity contribution in [2.75, 3.05) is 0 Å². The first-order valence-corrected chi connectivity index (χ1v) is 9.50. The lowest BCUT2D eigenvalue weighted by atomic mass is 10.1. The highest BCUT2D eigenvalue weighted by Crippen LogP contribution is 2.26. The van der Waals surface area contributed by atoms with Crippen molar-refractivity contribution in [3.63, 3.8) is 0 Å². The molecule has 0 saturated carbocycles. The van der Waals surface area contributed by atoms with Gasteiger partial charge < -0.3 is 9.97 Å². The molecule has 3 aromatic heterocycles. The summed E-state index contributed by atoms with van der Waals surface area (Å²) in [4.78, 5) is 15.9. The maximum atomic E-state index is 4.63. The predicted molar refractivity (Wildman–Crippen MR) is 104 cm³/mol. The summed E-state index contributed by atoms with van der Waals surface area (Å²) in [7, 11) is 0. The highest BCUT2D eigenvalue weighted by molar-refractivity contribution is 7.98. The first-order chi connectivity index (χ1) is 12.8. The molecule has 0 fully saturated rings. The number of H-pyrrole nitrogens is 2. The molecular formula is C19H16N6S. The number of rotatable bonds is 4. The molecule has 0 amide bonds. The van der Waals surface area contributed by atoms with Gasteiger partial charge in [-0.2, -0.15) is 0 Å². The number of thioether (sulfide) groups is 1. The van der Waals surface area contributed by atoms with Crippen LogP contribution in [0.15, 0.2) is 47.6 Å². The van der Waals surface area contributed by atoms with Crippen LogP contribution < -0.4 is 0 Å². The first-order valence-electron chi connectivity index (χ1n) is 8.51.